The molecule has 752 valence electrons. The summed E-state index contributed by atoms with van der Waals surface area (Å²) in [6.45, 7) is 27.8. The molecule has 0 aromatic rings. The zero-order valence-corrected chi connectivity index (χ0v) is 86.5. The van der Waals surface area contributed by atoms with Crippen LogP contribution in [0.25, 0.3) is 0 Å². The zero-order valence-electron chi connectivity index (χ0n) is 86.5. The van der Waals surface area contributed by atoms with Crippen molar-refractivity contribution in [1.29, 1.82) is 0 Å². The number of esters is 4. The highest BCUT2D eigenvalue weighted by Gasteiger charge is 2.20. The van der Waals surface area contributed by atoms with Gasteiger partial charge in [-0.1, -0.05) is 415 Å². The number of hydrogen-bond donors (Lipinski definition) is 2. The van der Waals surface area contributed by atoms with E-state index in [0.717, 1.165) is 187 Å². The molecular formula is C113H220N4O10. The van der Waals surface area contributed by atoms with Gasteiger partial charge in [0.25, 0.3) is 0 Å². The van der Waals surface area contributed by atoms with Crippen molar-refractivity contribution in [3.05, 3.63) is 0 Å². The van der Waals surface area contributed by atoms with Crippen LogP contribution in [0.3, 0.4) is 0 Å². The van der Waals surface area contributed by atoms with E-state index in [1.807, 2.05) is 0 Å². The molecule has 0 bridgehead atoms. The van der Waals surface area contributed by atoms with Gasteiger partial charge in [-0.15, -0.1) is 0 Å². The molecule has 0 aromatic carbocycles. The van der Waals surface area contributed by atoms with Crippen LogP contribution in [-0.4, -0.2) is 124 Å². The van der Waals surface area contributed by atoms with E-state index >= 15 is 0 Å². The molecule has 0 aliphatic carbocycles. The molecule has 2 N–H and O–H groups in total. The van der Waals surface area contributed by atoms with Crippen LogP contribution in [0.1, 0.15) is 588 Å². The lowest BCUT2D eigenvalue weighted by molar-refractivity contribution is -0.146. The highest BCUT2D eigenvalue weighted by atomic mass is 16.5. The quantitative estimate of drug-likeness (QED) is 0.0336. The lowest BCUT2D eigenvalue weighted by atomic mass is 9.94. The van der Waals surface area contributed by atoms with Gasteiger partial charge < -0.3 is 39.4 Å². The molecule has 4 atom stereocenters. The second-order valence-corrected chi connectivity index (χ2v) is 40.0. The summed E-state index contributed by atoms with van der Waals surface area (Å²) in [6.07, 6.45) is 95.2. The predicted octanol–water partition coefficient (Wildman–Crippen LogP) is 33.0. The number of nitrogens with one attached hydrogen (secondary N) is 2. The van der Waals surface area contributed by atoms with Crippen LogP contribution < -0.4 is 10.6 Å². The average molecular weight is 1800 g/mol. The van der Waals surface area contributed by atoms with Crippen LogP contribution in [0.15, 0.2) is 0 Å². The number of rotatable bonds is 106. The first-order valence-electron chi connectivity index (χ1n) is 57.0. The average Bonchev–Trinajstić information content (AvgIpc) is 0.976. The Hall–Kier alpha value is -3.26. The number of nitrogens with zero attached hydrogens (tertiary/aromatic N) is 2. The SMILES string of the molecule is CCCCCCCCNC(=O)CCCCN(CCCCCC(=O)OCC(CCCCCC)CCCCCCCC)CCCCCC(=O)OCC(CCCCCCCC)CCCCCCCCCCCCC(CCCCCCCC)COC(=O)CCCCCN(CCCCCC(=O)OCC(CCCCCC)CCCCCCCC)CCCC(=O)NCCCCCCCC. The molecule has 0 saturated heterocycles. The van der Waals surface area contributed by atoms with Crippen molar-refractivity contribution in [2.45, 2.75) is 588 Å². The molecule has 0 heterocycles. The Kier molecular flexibility index (Phi) is 99.1. The van der Waals surface area contributed by atoms with Crippen LogP contribution in [0.2, 0.25) is 0 Å². The van der Waals surface area contributed by atoms with Gasteiger partial charge in [-0.25, -0.2) is 0 Å². The minimum atomic E-state index is -0.0387. The maximum Gasteiger partial charge on any atom is 0.305 e. The topological polar surface area (TPSA) is 170 Å². The van der Waals surface area contributed by atoms with Crippen molar-refractivity contribution in [1.82, 2.24) is 20.4 Å². The van der Waals surface area contributed by atoms with Crippen molar-refractivity contribution in [2.75, 3.05) is 78.8 Å². The van der Waals surface area contributed by atoms with E-state index in [1.165, 1.54) is 360 Å². The molecule has 0 spiro atoms. The predicted molar refractivity (Wildman–Crippen MR) is 545 cm³/mol. The molecule has 4 unspecified atom stereocenters. The molecule has 0 aliphatic rings. The fraction of sp³-hybridized carbons (Fsp3) is 0.947. The van der Waals surface area contributed by atoms with Crippen LogP contribution >= 0.6 is 0 Å². The smallest absolute Gasteiger partial charge is 0.305 e. The van der Waals surface area contributed by atoms with Crippen molar-refractivity contribution in [2.24, 2.45) is 23.7 Å². The van der Waals surface area contributed by atoms with Gasteiger partial charge in [0.05, 0.1) is 26.4 Å². The summed E-state index contributed by atoms with van der Waals surface area (Å²) >= 11 is 0. The first-order chi connectivity index (χ1) is 62.4. The minimum Gasteiger partial charge on any atom is -0.465 e. The van der Waals surface area contributed by atoms with Crippen LogP contribution in [0, 0.1) is 23.7 Å². The van der Waals surface area contributed by atoms with Crippen molar-refractivity contribution in [3.63, 3.8) is 0 Å². The van der Waals surface area contributed by atoms with E-state index in [1.54, 1.807) is 0 Å². The third kappa shape index (κ3) is 93.0. The molecule has 127 heavy (non-hydrogen) atoms. The minimum absolute atomic E-state index is 0.0286. The molecule has 0 aromatic heterocycles. The number of carbonyl (C=O) groups is 6. The van der Waals surface area contributed by atoms with E-state index in [4.69, 9.17) is 18.9 Å². The third-order valence-electron chi connectivity index (χ3n) is 27.3. The monoisotopic (exact) mass is 1790 g/mol. The number of ether oxygens (including phenoxy) is 4. The number of carbonyl (C=O) groups excluding carboxylic acids is 6. The summed E-state index contributed by atoms with van der Waals surface area (Å²) in [5.74, 6) is 2.08. The molecule has 0 radical (unpaired) electrons. The molecular weight excluding hydrogens is 1570 g/mol. The van der Waals surface area contributed by atoms with Gasteiger partial charge in [-0.05, 0) is 198 Å². The second kappa shape index (κ2) is 102. The van der Waals surface area contributed by atoms with Crippen molar-refractivity contribution in [3.8, 4) is 0 Å². The summed E-state index contributed by atoms with van der Waals surface area (Å²) in [5.41, 5.74) is 0. The highest BCUT2D eigenvalue weighted by Crippen LogP contribution is 2.27. The Balaban J connectivity index is 5.23. The van der Waals surface area contributed by atoms with E-state index in [2.05, 4.69) is 75.8 Å². The second-order valence-electron chi connectivity index (χ2n) is 40.0. The van der Waals surface area contributed by atoms with E-state index in [9.17, 15) is 28.8 Å². The Morgan fingerprint density at radius 2 is 0.339 bits per heavy atom. The number of amides is 2. The zero-order chi connectivity index (χ0) is 92.3. The third-order valence-corrected chi connectivity index (χ3v) is 27.3. The fourth-order valence-electron chi connectivity index (χ4n) is 18.6. The van der Waals surface area contributed by atoms with Crippen molar-refractivity contribution >= 4 is 35.7 Å². The highest BCUT2D eigenvalue weighted by molar-refractivity contribution is 5.76. The molecule has 14 nitrogen and oxygen atoms in total. The summed E-state index contributed by atoms with van der Waals surface area (Å²) in [5, 5.41) is 6.35. The van der Waals surface area contributed by atoms with Crippen molar-refractivity contribution < 1.29 is 47.7 Å². The lowest BCUT2D eigenvalue weighted by Gasteiger charge is -2.22. The van der Waals surface area contributed by atoms with E-state index in [0.29, 0.717) is 88.6 Å². The van der Waals surface area contributed by atoms with Gasteiger partial charge in [0, 0.05) is 51.6 Å². The Morgan fingerprint density at radius 3 is 0.559 bits per heavy atom. The van der Waals surface area contributed by atoms with Crippen LogP contribution in [-0.2, 0) is 47.7 Å². The van der Waals surface area contributed by atoms with Gasteiger partial charge in [-0.3, -0.25) is 28.8 Å². The standard InChI is InChI=1S/C113H220N4O10/c1-9-17-25-33-45-59-80-104(78-57-31-23-15-7)100-124-110(120)88-65-53-72-94-116(98-76-69-86-108(118)114-92-70-51-37-29-21-13-5)95-73-54-66-89-112(122)126-102-106(82-61-47-35-27-19-11-3)84-63-49-43-41-39-40-42-44-50-64-85-107(83-62-48-36-28-20-12-4)103-127-113(123)91-68-56-75-97-117(99-77-87-109(119)115-93-71-52-38-30-22-14-6)96-74-55-67-90-111(121)125-101-105(79-58-32-24-16-8)81-60-46-34-26-18-10-2/h104-107H,9-103H2,1-8H3,(H,114,118)(H,115,119). The normalized spacial score (nSPS) is 12.6. The first-order valence-corrected chi connectivity index (χ1v) is 57.0. The van der Waals surface area contributed by atoms with Crippen LogP contribution in [0.4, 0.5) is 0 Å². The summed E-state index contributed by atoms with van der Waals surface area (Å²) in [7, 11) is 0. The molecule has 0 fully saturated rings. The summed E-state index contributed by atoms with van der Waals surface area (Å²) < 4.78 is 24.1. The van der Waals surface area contributed by atoms with Gasteiger partial charge in [0.2, 0.25) is 11.8 Å². The van der Waals surface area contributed by atoms with E-state index in [-0.39, 0.29) is 35.7 Å². The van der Waals surface area contributed by atoms with Crippen LogP contribution in [0.5, 0.6) is 0 Å². The van der Waals surface area contributed by atoms with E-state index < -0.39 is 0 Å². The molecule has 2 amide bonds. The molecule has 0 rings (SSSR count). The first kappa shape index (κ1) is 124. The summed E-state index contributed by atoms with van der Waals surface area (Å²) in [4.78, 5) is 83.4. The lowest BCUT2D eigenvalue weighted by Crippen LogP contribution is -2.29. The molecule has 0 saturated carbocycles. The number of hydrogen-bond acceptors (Lipinski definition) is 12. The number of unbranched alkanes of at least 4 members (excludes halogenated alkanes) is 54. The van der Waals surface area contributed by atoms with Gasteiger partial charge >= 0.3 is 23.9 Å². The molecule has 14 heteroatoms. The maximum absolute atomic E-state index is 13.3. The largest absolute Gasteiger partial charge is 0.465 e. The van der Waals surface area contributed by atoms with Gasteiger partial charge in [0.15, 0.2) is 0 Å². The summed E-state index contributed by atoms with van der Waals surface area (Å²) in [6, 6.07) is 0. The fourth-order valence-corrected chi connectivity index (χ4v) is 18.6. The maximum atomic E-state index is 13.3. The Labute approximate surface area is 790 Å². The Morgan fingerprint density at radius 1 is 0.181 bits per heavy atom. The van der Waals surface area contributed by atoms with Gasteiger partial charge in [-0.2, -0.15) is 0 Å². The molecule has 0 aliphatic heterocycles. The van der Waals surface area contributed by atoms with Gasteiger partial charge in [0.1, 0.15) is 0 Å². The Bertz CT molecular complexity index is 2310.